The monoisotopic (exact) mass is 534 g/mol. The number of hydrogen-bond acceptors (Lipinski definition) is 6. The minimum Gasteiger partial charge on any atom is -0.403 e. The highest BCUT2D eigenvalue weighted by Gasteiger charge is 2.19. The summed E-state index contributed by atoms with van der Waals surface area (Å²) in [7, 11) is 0.386. The molecule has 0 unspecified atom stereocenters. The van der Waals surface area contributed by atoms with Crippen LogP contribution in [0, 0.1) is 5.82 Å². The molecule has 198 valence electrons. The number of hydrogen-bond donors (Lipinski definition) is 2. The first-order chi connectivity index (χ1) is 18.1. The second-order valence-electron chi connectivity index (χ2n) is 9.27. The fraction of sp³-hybridized carbons (Fsp3) is 0.214. The number of allylic oxidation sites excluding steroid dienone is 1. The molecule has 0 spiro atoms. The molecule has 0 saturated heterocycles. The van der Waals surface area contributed by atoms with Crippen LogP contribution in [0.15, 0.2) is 61.6 Å². The quantitative estimate of drug-likeness (QED) is 0.342. The minimum absolute atomic E-state index is 0.328. The van der Waals surface area contributed by atoms with E-state index in [9.17, 15) is 8.42 Å². The van der Waals surface area contributed by atoms with Crippen LogP contribution in [0.4, 0.5) is 10.1 Å². The van der Waals surface area contributed by atoms with Crippen LogP contribution in [0.1, 0.15) is 12.0 Å². The number of nitrogens with zero attached hydrogens (tertiary/aromatic N) is 4. The van der Waals surface area contributed by atoms with Gasteiger partial charge in [-0.25, -0.2) is 17.8 Å². The zero-order chi connectivity index (χ0) is 27.4. The van der Waals surface area contributed by atoms with Crippen LogP contribution in [0.2, 0.25) is 0 Å². The summed E-state index contributed by atoms with van der Waals surface area (Å²) < 4.78 is 41.7. The number of benzene rings is 1. The van der Waals surface area contributed by atoms with Crippen LogP contribution in [0.5, 0.6) is 0 Å². The Morgan fingerprint density at radius 2 is 1.89 bits per heavy atom. The predicted molar refractivity (Wildman–Crippen MR) is 152 cm³/mol. The van der Waals surface area contributed by atoms with Crippen LogP contribution >= 0.6 is 0 Å². The highest BCUT2D eigenvalue weighted by Crippen LogP contribution is 2.30. The van der Waals surface area contributed by atoms with Gasteiger partial charge in [0.05, 0.1) is 23.5 Å². The lowest BCUT2D eigenvalue weighted by Crippen LogP contribution is -2.32. The smallest absolute Gasteiger partial charge is 0.232 e. The van der Waals surface area contributed by atoms with E-state index in [1.54, 1.807) is 36.7 Å². The number of rotatable bonds is 9. The van der Waals surface area contributed by atoms with Gasteiger partial charge in [0, 0.05) is 41.3 Å². The van der Waals surface area contributed by atoms with E-state index < -0.39 is 15.8 Å². The SMILES string of the molecule is C=C(/C=c1\c(=C/N)[nH]c2ncc(F)c(-c3ccc(N(CCCN(C)C)S(C)(=O)=O)cc3)c12)c1cccnc1. The zero-order valence-electron chi connectivity index (χ0n) is 21.6. The maximum atomic E-state index is 15.4. The molecule has 0 saturated carbocycles. The van der Waals surface area contributed by atoms with Gasteiger partial charge in [-0.1, -0.05) is 24.8 Å². The van der Waals surface area contributed by atoms with Crippen molar-refractivity contribution in [3.63, 3.8) is 0 Å². The molecule has 8 nitrogen and oxygen atoms in total. The molecule has 0 amide bonds. The Kier molecular flexibility index (Phi) is 7.94. The maximum Gasteiger partial charge on any atom is 0.232 e. The lowest BCUT2D eigenvalue weighted by atomic mass is 10.0. The van der Waals surface area contributed by atoms with Gasteiger partial charge in [0.1, 0.15) is 11.5 Å². The van der Waals surface area contributed by atoms with Crippen LogP contribution in [0.3, 0.4) is 0 Å². The normalized spacial score (nSPS) is 13.0. The second-order valence-corrected chi connectivity index (χ2v) is 11.2. The number of halogens is 1. The molecule has 0 atom stereocenters. The predicted octanol–water partition coefficient (Wildman–Crippen LogP) is 2.67. The van der Waals surface area contributed by atoms with Gasteiger partial charge in [-0.15, -0.1) is 0 Å². The second kappa shape index (κ2) is 11.2. The number of H-pyrrole nitrogens is 1. The summed E-state index contributed by atoms with van der Waals surface area (Å²) in [5.41, 5.74) is 9.28. The van der Waals surface area contributed by atoms with Gasteiger partial charge in [-0.05, 0) is 68.0 Å². The first-order valence-electron chi connectivity index (χ1n) is 12.0. The Labute approximate surface area is 221 Å². The van der Waals surface area contributed by atoms with E-state index in [0.29, 0.717) is 57.0 Å². The summed E-state index contributed by atoms with van der Waals surface area (Å²) in [5.74, 6) is -0.514. The number of pyridine rings is 2. The van der Waals surface area contributed by atoms with Crippen molar-refractivity contribution in [2.75, 3.05) is 37.7 Å². The lowest BCUT2D eigenvalue weighted by molar-refractivity contribution is 0.403. The highest BCUT2D eigenvalue weighted by molar-refractivity contribution is 7.92. The largest absolute Gasteiger partial charge is 0.403 e. The van der Waals surface area contributed by atoms with Crippen molar-refractivity contribution in [2.24, 2.45) is 5.73 Å². The molecule has 0 bridgehead atoms. The molecule has 38 heavy (non-hydrogen) atoms. The van der Waals surface area contributed by atoms with E-state index in [4.69, 9.17) is 5.73 Å². The summed E-state index contributed by atoms with van der Waals surface area (Å²) in [4.78, 5) is 13.5. The standard InChI is InChI=1S/C28H31FN6O2S/c1-19(21-7-5-12-31-17-21)15-23-25(16-30)33-28-27(23)26(24(29)18-32-28)20-8-10-22(11-9-20)35(38(4,36)37)14-6-13-34(2)3/h5,7-12,15-18H,1,6,13-14,30H2,2-4H3,(H,32,33)/b23-15+,25-16+. The van der Waals surface area contributed by atoms with Crippen LogP contribution in [-0.4, -0.2) is 61.7 Å². The molecule has 4 rings (SSSR count). The van der Waals surface area contributed by atoms with E-state index in [0.717, 1.165) is 18.3 Å². The summed E-state index contributed by atoms with van der Waals surface area (Å²) in [6, 6.07) is 10.5. The van der Waals surface area contributed by atoms with E-state index in [2.05, 4.69) is 21.5 Å². The van der Waals surface area contributed by atoms with Crippen molar-refractivity contribution in [1.82, 2.24) is 19.9 Å². The summed E-state index contributed by atoms with van der Waals surface area (Å²) in [6.07, 6.45) is 9.62. The fourth-order valence-electron chi connectivity index (χ4n) is 4.36. The Morgan fingerprint density at radius 3 is 2.50 bits per heavy atom. The van der Waals surface area contributed by atoms with Crippen molar-refractivity contribution in [3.8, 4) is 11.1 Å². The number of nitrogens with one attached hydrogen (secondary N) is 1. The van der Waals surface area contributed by atoms with Gasteiger partial charge in [0.15, 0.2) is 0 Å². The number of sulfonamides is 1. The van der Waals surface area contributed by atoms with E-state index in [-0.39, 0.29) is 0 Å². The first-order valence-corrected chi connectivity index (χ1v) is 13.9. The molecule has 0 radical (unpaired) electrons. The number of nitrogens with two attached hydrogens (primary N) is 1. The summed E-state index contributed by atoms with van der Waals surface area (Å²) >= 11 is 0. The number of anilines is 1. The molecule has 3 aromatic heterocycles. The van der Waals surface area contributed by atoms with Gasteiger partial charge in [0.25, 0.3) is 0 Å². The number of aromatic nitrogens is 3. The molecule has 10 heteroatoms. The topological polar surface area (TPSA) is 108 Å². The molecule has 3 heterocycles. The number of fused-ring (bicyclic) bond motifs is 1. The Morgan fingerprint density at radius 1 is 1.16 bits per heavy atom. The molecule has 0 aliphatic rings. The van der Waals surface area contributed by atoms with Crippen molar-refractivity contribution < 1.29 is 12.8 Å². The molecule has 0 aliphatic carbocycles. The minimum atomic E-state index is -3.49. The van der Waals surface area contributed by atoms with Crippen molar-refractivity contribution in [1.29, 1.82) is 0 Å². The third-order valence-electron chi connectivity index (χ3n) is 6.17. The molecule has 0 fully saturated rings. The molecule has 1 aromatic carbocycles. The first kappa shape index (κ1) is 27.0. The van der Waals surface area contributed by atoms with Gasteiger partial charge >= 0.3 is 0 Å². The number of aromatic amines is 1. The average Bonchev–Trinajstić information content (AvgIpc) is 3.24. The van der Waals surface area contributed by atoms with Gasteiger partial charge in [0.2, 0.25) is 10.0 Å². The maximum absolute atomic E-state index is 15.4. The van der Waals surface area contributed by atoms with E-state index in [1.807, 2.05) is 37.2 Å². The van der Waals surface area contributed by atoms with Crippen molar-refractivity contribution in [2.45, 2.75) is 6.42 Å². The van der Waals surface area contributed by atoms with Crippen LogP contribution in [0.25, 0.3) is 40.0 Å². The molecular weight excluding hydrogens is 503 g/mol. The van der Waals surface area contributed by atoms with Gasteiger partial charge in [-0.3, -0.25) is 9.29 Å². The highest BCUT2D eigenvalue weighted by atomic mass is 32.2. The average molecular weight is 535 g/mol. The third-order valence-corrected chi connectivity index (χ3v) is 7.37. The Balaban J connectivity index is 1.83. The summed E-state index contributed by atoms with van der Waals surface area (Å²) in [6.45, 7) is 5.24. The van der Waals surface area contributed by atoms with Gasteiger partial charge in [-0.2, -0.15) is 0 Å². The fourth-order valence-corrected chi connectivity index (χ4v) is 5.33. The molecule has 0 aliphatic heterocycles. The Hall–Kier alpha value is -4.02. The third kappa shape index (κ3) is 5.76. The van der Waals surface area contributed by atoms with E-state index in [1.165, 1.54) is 16.8 Å². The zero-order valence-corrected chi connectivity index (χ0v) is 22.5. The van der Waals surface area contributed by atoms with Crippen molar-refractivity contribution in [3.05, 3.63) is 83.5 Å². The van der Waals surface area contributed by atoms with Gasteiger partial charge < -0.3 is 15.6 Å². The van der Waals surface area contributed by atoms with Crippen LogP contribution in [-0.2, 0) is 10.0 Å². The van der Waals surface area contributed by atoms with E-state index >= 15 is 4.39 Å². The Bertz CT molecular complexity index is 1680. The molecular formula is C28H31FN6O2S. The van der Waals surface area contributed by atoms with Crippen LogP contribution < -0.4 is 20.6 Å². The summed E-state index contributed by atoms with van der Waals surface area (Å²) in [5, 5.41) is 1.76. The molecule has 3 N–H and O–H groups in total. The lowest BCUT2D eigenvalue weighted by Gasteiger charge is -2.23. The molecule has 4 aromatic rings. The van der Waals surface area contributed by atoms with Crippen molar-refractivity contribution >= 4 is 44.6 Å².